The predicted molar refractivity (Wildman–Crippen MR) is 287 cm³/mol. The maximum atomic E-state index is 11.9. The first-order valence-electron chi connectivity index (χ1n) is 28.4. The van der Waals surface area contributed by atoms with E-state index in [-0.39, 0.29) is 26.4 Å². The largest absolute Gasteiger partial charge is 0.756 e. The van der Waals surface area contributed by atoms with Crippen molar-refractivity contribution < 1.29 is 64.9 Å². The number of nitrogens with zero attached hydrogens (tertiary/aromatic N) is 2. The minimum Gasteiger partial charge on any atom is -0.756 e. The Kier molecular flexibility index (Phi) is 51.3. The lowest BCUT2D eigenvalue weighted by Crippen LogP contribution is -2.37. The highest BCUT2D eigenvalue weighted by atomic mass is 31.2. The standard InChI is InChI=1S/2C27H58NO6P/c2*1-6-7-8-9-10-11-12-13-14-15-16-17-18-19-20-21-23-32-25-27(31-5)26-34-35(29,30)33-24-22-28(2,3)4/h2*27H,6-26H2,1-5H3/t2*27-/m10/s1. The summed E-state index contributed by atoms with van der Waals surface area (Å²) >= 11 is 0. The van der Waals surface area contributed by atoms with E-state index >= 15 is 0 Å². The Morgan fingerprint density at radius 2 is 0.571 bits per heavy atom. The van der Waals surface area contributed by atoms with Gasteiger partial charge >= 0.3 is 0 Å². The molecule has 0 aromatic rings. The summed E-state index contributed by atoms with van der Waals surface area (Å²) in [5.41, 5.74) is 0. The summed E-state index contributed by atoms with van der Waals surface area (Å²) in [5, 5.41) is 0. The molecule has 16 heteroatoms. The van der Waals surface area contributed by atoms with E-state index in [9.17, 15) is 18.9 Å². The van der Waals surface area contributed by atoms with Crippen molar-refractivity contribution in [3.05, 3.63) is 0 Å². The Hall–Kier alpha value is -0.0200. The van der Waals surface area contributed by atoms with Gasteiger partial charge in [0.15, 0.2) is 0 Å². The minimum absolute atomic E-state index is 0.0949. The summed E-state index contributed by atoms with van der Waals surface area (Å²) in [6.07, 6.45) is 42.2. The van der Waals surface area contributed by atoms with E-state index in [0.29, 0.717) is 48.5 Å². The van der Waals surface area contributed by atoms with Crippen molar-refractivity contribution in [3.8, 4) is 0 Å². The molecule has 0 fully saturated rings. The van der Waals surface area contributed by atoms with Gasteiger partial charge in [-0.2, -0.15) is 0 Å². The molecule has 14 nitrogen and oxygen atoms in total. The van der Waals surface area contributed by atoms with Gasteiger partial charge in [-0.3, -0.25) is 9.13 Å². The number of hydrogen-bond donors (Lipinski definition) is 0. The number of phosphoric ester groups is 2. The maximum Gasteiger partial charge on any atom is 0.268 e. The predicted octanol–water partition coefficient (Wildman–Crippen LogP) is 13.0. The van der Waals surface area contributed by atoms with Gasteiger partial charge in [-0.25, -0.2) is 0 Å². The molecule has 0 heterocycles. The molecule has 0 radical (unpaired) electrons. The lowest BCUT2D eigenvalue weighted by atomic mass is 10.0. The molecular weight excluding hydrogens is 931 g/mol. The van der Waals surface area contributed by atoms with Gasteiger partial charge < -0.3 is 55.8 Å². The zero-order valence-electron chi connectivity index (χ0n) is 47.5. The number of methoxy groups -OCH3 is 2. The monoisotopic (exact) mass is 1050 g/mol. The molecule has 2 unspecified atom stereocenters. The zero-order valence-corrected chi connectivity index (χ0v) is 49.3. The summed E-state index contributed by atoms with van der Waals surface area (Å²) in [6, 6.07) is 0. The number of unbranched alkanes of at least 4 members (excludes halogenated alkanes) is 30. The van der Waals surface area contributed by atoms with Crippen LogP contribution in [0.1, 0.15) is 219 Å². The lowest BCUT2D eigenvalue weighted by Gasteiger charge is -2.28. The van der Waals surface area contributed by atoms with Crippen molar-refractivity contribution >= 4 is 15.6 Å². The smallest absolute Gasteiger partial charge is 0.268 e. The van der Waals surface area contributed by atoms with Gasteiger partial charge in [0.1, 0.15) is 38.5 Å². The van der Waals surface area contributed by atoms with Crippen LogP contribution in [0.4, 0.5) is 0 Å². The summed E-state index contributed by atoms with van der Waals surface area (Å²) in [7, 11) is 6.23. The van der Waals surface area contributed by atoms with Crippen LogP contribution >= 0.6 is 15.6 Å². The van der Waals surface area contributed by atoms with Crippen molar-refractivity contribution in [2.45, 2.75) is 232 Å². The van der Waals surface area contributed by atoms with Gasteiger partial charge in [-0.1, -0.05) is 206 Å². The highest BCUT2D eigenvalue weighted by Gasteiger charge is 2.18. The molecule has 0 N–H and O–H groups in total. The highest BCUT2D eigenvalue weighted by molar-refractivity contribution is 7.46. The van der Waals surface area contributed by atoms with E-state index in [0.717, 1.165) is 12.8 Å². The second-order valence-electron chi connectivity index (χ2n) is 21.7. The van der Waals surface area contributed by atoms with Crippen LogP contribution in [0.5, 0.6) is 0 Å². The quantitative estimate of drug-likeness (QED) is 0.0323. The van der Waals surface area contributed by atoms with Crippen LogP contribution in [0.25, 0.3) is 0 Å². The fraction of sp³-hybridized carbons (Fsp3) is 1.00. The zero-order chi connectivity index (χ0) is 52.5. The Morgan fingerprint density at radius 3 is 0.786 bits per heavy atom. The summed E-state index contributed by atoms with van der Waals surface area (Å²) in [5.74, 6) is 0. The number of quaternary nitrogens is 2. The van der Waals surface area contributed by atoms with Crippen LogP contribution in [0.15, 0.2) is 0 Å². The van der Waals surface area contributed by atoms with E-state index in [1.54, 1.807) is 0 Å². The molecule has 70 heavy (non-hydrogen) atoms. The third-order valence-corrected chi connectivity index (χ3v) is 14.3. The van der Waals surface area contributed by atoms with Crippen LogP contribution in [0, 0.1) is 0 Å². The summed E-state index contributed by atoms with van der Waals surface area (Å²) in [4.78, 5) is 23.7. The molecule has 4 atom stereocenters. The number of likely N-dealkylation sites (N-methyl/N-ethyl adjacent to an activating group) is 2. The van der Waals surface area contributed by atoms with E-state index in [1.807, 2.05) is 42.3 Å². The highest BCUT2D eigenvalue weighted by Crippen LogP contribution is 2.39. The average Bonchev–Trinajstić information content (AvgIpc) is 3.29. The third-order valence-electron chi connectivity index (χ3n) is 12.4. The maximum absolute atomic E-state index is 11.9. The van der Waals surface area contributed by atoms with Crippen molar-refractivity contribution in [1.29, 1.82) is 0 Å². The van der Waals surface area contributed by atoms with Crippen LogP contribution in [-0.4, -0.2) is 144 Å². The lowest BCUT2D eigenvalue weighted by molar-refractivity contribution is -0.870. The molecular formula is C54H116N2O12P2. The molecule has 0 saturated heterocycles. The van der Waals surface area contributed by atoms with Crippen LogP contribution < -0.4 is 9.79 Å². The molecule has 0 aromatic carbocycles. The van der Waals surface area contributed by atoms with E-state index in [4.69, 9.17) is 37.0 Å². The normalized spacial score (nSPS) is 14.8. The Morgan fingerprint density at radius 1 is 0.343 bits per heavy atom. The van der Waals surface area contributed by atoms with Crippen molar-refractivity contribution in [3.63, 3.8) is 0 Å². The molecule has 0 spiro atoms. The second kappa shape index (κ2) is 49.8. The first-order valence-corrected chi connectivity index (χ1v) is 31.3. The van der Waals surface area contributed by atoms with Gasteiger partial charge in [0.05, 0.1) is 68.7 Å². The van der Waals surface area contributed by atoms with Gasteiger partial charge in [0.25, 0.3) is 15.6 Å². The summed E-state index contributed by atoms with van der Waals surface area (Å²) < 4.78 is 66.5. The van der Waals surface area contributed by atoms with Crippen molar-refractivity contribution in [2.75, 3.05) is 122 Å². The first kappa shape index (κ1) is 72.1. The van der Waals surface area contributed by atoms with Crippen molar-refractivity contribution in [1.82, 2.24) is 0 Å². The molecule has 0 bridgehead atoms. The third kappa shape index (κ3) is 58.9. The SMILES string of the molecule is CCCCCCCCCCCCCCCCCCOC[C@@H](COP(=O)([O-])OCC[N+](C)(C)C)OC.CCCCCCCCCCCCCCCCCCOC[C@H](COP(=O)([O-])OCC[N+](C)(C)C)OC. The van der Waals surface area contributed by atoms with Crippen LogP contribution in [0.2, 0.25) is 0 Å². The Balaban J connectivity index is 0. The molecule has 0 aliphatic heterocycles. The van der Waals surface area contributed by atoms with E-state index in [1.165, 1.54) is 207 Å². The molecule has 0 amide bonds. The average molecular weight is 1050 g/mol. The molecule has 0 aliphatic rings. The van der Waals surface area contributed by atoms with Gasteiger partial charge in [-0.15, -0.1) is 0 Å². The minimum atomic E-state index is -4.32. The van der Waals surface area contributed by atoms with Gasteiger partial charge in [0.2, 0.25) is 0 Å². The van der Waals surface area contributed by atoms with Crippen molar-refractivity contribution in [2.24, 2.45) is 0 Å². The molecule has 0 aromatic heterocycles. The number of rotatable bonds is 54. The fourth-order valence-corrected chi connectivity index (χ4v) is 9.04. The molecule has 424 valence electrons. The van der Waals surface area contributed by atoms with Crippen LogP contribution in [-0.2, 0) is 46.2 Å². The van der Waals surface area contributed by atoms with Gasteiger partial charge in [0, 0.05) is 27.4 Å². The van der Waals surface area contributed by atoms with Crippen LogP contribution in [0.3, 0.4) is 0 Å². The van der Waals surface area contributed by atoms with Gasteiger partial charge in [-0.05, 0) is 12.8 Å². The second-order valence-corrected chi connectivity index (χ2v) is 24.5. The fourth-order valence-electron chi connectivity index (χ4n) is 7.58. The summed E-state index contributed by atoms with van der Waals surface area (Å²) in [6.45, 7) is 7.64. The Labute approximate surface area is 433 Å². The number of phosphoric acid groups is 2. The number of ether oxygens (including phenoxy) is 4. The first-order chi connectivity index (χ1) is 33.4. The van der Waals surface area contributed by atoms with E-state index in [2.05, 4.69) is 13.8 Å². The number of hydrogen-bond acceptors (Lipinski definition) is 12. The molecule has 0 rings (SSSR count). The molecule has 0 aliphatic carbocycles. The topological polar surface area (TPSA) is 154 Å². The van der Waals surface area contributed by atoms with E-state index < -0.39 is 27.9 Å². The Bertz CT molecular complexity index is 1090. The molecule has 0 saturated carbocycles.